The van der Waals surface area contributed by atoms with Crippen LogP contribution in [0.2, 0.25) is 0 Å². The Morgan fingerprint density at radius 1 is 1.27 bits per heavy atom. The molecule has 1 amide bonds. The minimum Gasteiger partial charge on any atom is -0.494 e. The second kappa shape index (κ2) is 8.09. The number of hydrogen-bond acceptors (Lipinski definition) is 5. The van der Waals surface area contributed by atoms with E-state index < -0.39 is 0 Å². The SMILES string of the molecule is CCOc1ccc([C@H](COC)NC(=O)c2cnccn2)cc1. The Morgan fingerprint density at radius 3 is 2.64 bits per heavy atom. The molecular weight excluding hydrogens is 282 g/mol. The molecule has 6 nitrogen and oxygen atoms in total. The van der Waals surface area contributed by atoms with Crippen molar-refractivity contribution in [1.82, 2.24) is 15.3 Å². The molecule has 0 bridgehead atoms. The van der Waals surface area contributed by atoms with Crippen molar-refractivity contribution in [3.63, 3.8) is 0 Å². The number of carbonyl (C=O) groups is 1. The molecule has 116 valence electrons. The van der Waals surface area contributed by atoms with Crippen LogP contribution < -0.4 is 10.1 Å². The molecule has 1 atom stereocenters. The van der Waals surface area contributed by atoms with Gasteiger partial charge < -0.3 is 14.8 Å². The van der Waals surface area contributed by atoms with Gasteiger partial charge in [-0.25, -0.2) is 4.98 Å². The summed E-state index contributed by atoms with van der Waals surface area (Å²) in [6, 6.07) is 7.29. The zero-order valence-corrected chi connectivity index (χ0v) is 12.7. The number of aromatic nitrogens is 2. The fraction of sp³-hybridized carbons (Fsp3) is 0.312. The van der Waals surface area contributed by atoms with Gasteiger partial charge in [0, 0.05) is 19.5 Å². The van der Waals surface area contributed by atoms with Crippen molar-refractivity contribution in [2.75, 3.05) is 20.3 Å². The summed E-state index contributed by atoms with van der Waals surface area (Å²) < 4.78 is 10.6. The van der Waals surface area contributed by atoms with Crippen LogP contribution in [-0.2, 0) is 4.74 Å². The summed E-state index contributed by atoms with van der Waals surface area (Å²) in [6.07, 6.45) is 4.43. The Kier molecular flexibility index (Phi) is 5.85. The lowest BCUT2D eigenvalue weighted by Gasteiger charge is -2.18. The van der Waals surface area contributed by atoms with E-state index in [1.807, 2.05) is 31.2 Å². The Morgan fingerprint density at radius 2 is 2.05 bits per heavy atom. The lowest BCUT2D eigenvalue weighted by atomic mass is 10.1. The molecule has 0 saturated heterocycles. The quantitative estimate of drug-likeness (QED) is 0.846. The number of nitrogens with zero attached hydrogens (tertiary/aromatic N) is 2. The van der Waals surface area contributed by atoms with Crippen molar-refractivity contribution in [2.24, 2.45) is 0 Å². The molecule has 1 aromatic carbocycles. The molecular formula is C16H19N3O3. The number of hydrogen-bond donors (Lipinski definition) is 1. The molecule has 1 heterocycles. The summed E-state index contributed by atoms with van der Waals surface area (Å²) in [5.41, 5.74) is 1.21. The molecule has 0 spiro atoms. The maximum Gasteiger partial charge on any atom is 0.272 e. The van der Waals surface area contributed by atoms with E-state index in [-0.39, 0.29) is 17.6 Å². The summed E-state index contributed by atoms with van der Waals surface area (Å²) in [7, 11) is 1.59. The molecule has 2 aromatic rings. The summed E-state index contributed by atoms with van der Waals surface area (Å²) in [5, 5.41) is 2.89. The third-order valence-electron chi connectivity index (χ3n) is 3.03. The summed E-state index contributed by atoms with van der Waals surface area (Å²) >= 11 is 0. The smallest absolute Gasteiger partial charge is 0.272 e. The normalized spacial score (nSPS) is 11.7. The molecule has 0 aliphatic rings. The average molecular weight is 301 g/mol. The van der Waals surface area contributed by atoms with Crippen LogP contribution >= 0.6 is 0 Å². The Balaban J connectivity index is 2.10. The highest BCUT2D eigenvalue weighted by atomic mass is 16.5. The van der Waals surface area contributed by atoms with Crippen LogP contribution in [0, 0.1) is 0 Å². The topological polar surface area (TPSA) is 73.3 Å². The van der Waals surface area contributed by atoms with Crippen molar-refractivity contribution in [2.45, 2.75) is 13.0 Å². The van der Waals surface area contributed by atoms with Gasteiger partial charge in [-0.15, -0.1) is 0 Å². The van der Waals surface area contributed by atoms with Crippen LogP contribution in [0.15, 0.2) is 42.9 Å². The minimum atomic E-state index is -0.288. The predicted octanol–water partition coefficient (Wildman–Crippen LogP) is 1.99. The summed E-state index contributed by atoms with van der Waals surface area (Å²) in [5.74, 6) is 0.506. The van der Waals surface area contributed by atoms with Gasteiger partial charge in [-0.1, -0.05) is 12.1 Å². The molecule has 0 radical (unpaired) electrons. The number of carbonyl (C=O) groups excluding carboxylic acids is 1. The first-order valence-corrected chi connectivity index (χ1v) is 7.03. The maximum absolute atomic E-state index is 12.2. The third-order valence-corrected chi connectivity index (χ3v) is 3.03. The van der Waals surface area contributed by atoms with Crippen LogP contribution in [0.25, 0.3) is 0 Å². The molecule has 6 heteroatoms. The first-order chi connectivity index (χ1) is 10.7. The van der Waals surface area contributed by atoms with Gasteiger partial charge >= 0.3 is 0 Å². The number of rotatable bonds is 7. The molecule has 0 unspecified atom stereocenters. The molecule has 1 N–H and O–H groups in total. The average Bonchev–Trinajstić information content (AvgIpc) is 2.56. The van der Waals surface area contributed by atoms with E-state index in [1.54, 1.807) is 7.11 Å². The third kappa shape index (κ3) is 4.26. The molecule has 1 aromatic heterocycles. The van der Waals surface area contributed by atoms with Crippen LogP contribution in [0.4, 0.5) is 0 Å². The van der Waals surface area contributed by atoms with Crippen molar-refractivity contribution < 1.29 is 14.3 Å². The van der Waals surface area contributed by atoms with Crippen LogP contribution in [0.1, 0.15) is 29.0 Å². The van der Waals surface area contributed by atoms with Gasteiger partial charge in [0.2, 0.25) is 0 Å². The van der Waals surface area contributed by atoms with Gasteiger partial charge in [-0.3, -0.25) is 9.78 Å². The minimum absolute atomic E-state index is 0.268. The van der Waals surface area contributed by atoms with E-state index in [0.717, 1.165) is 11.3 Å². The Hall–Kier alpha value is -2.47. The summed E-state index contributed by atoms with van der Waals surface area (Å²) in [4.78, 5) is 20.1. The maximum atomic E-state index is 12.2. The molecule has 2 rings (SSSR count). The van der Waals surface area contributed by atoms with Gasteiger partial charge in [0.25, 0.3) is 5.91 Å². The van der Waals surface area contributed by atoms with E-state index in [1.165, 1.54) is 18.6 Å². The van der Waals surface area contributed by atoms with Gasteiger partial charge in [0.1, 0.15) is 11.4 Å². The second-order valence-electron chi connectivity index (χ2n) is 4.57. The second-order valence-corrected chi connectivity index (χ2v) is 4.57. The number of benzene rings is 1. The zero-order valence-electron chi connectivity index (χ0n) is 12.7. The van der Waals surface area contributed by atoms with Crippen LogP contribution in [0.3, 0.4) is 0 Å². The Bertz CT molecular complexity index is 587. The lowest BCUT2D eigenvalue weighted by Crippen LogP contribution is -2.31. The fourth-order valence-electron chi connectivity index (χ4n) is 2.00. The monoisotopic (exact) mass is 301 g/mol. The van der Waals surface area contributed by atoms with E-state index in [4.69, 9.17) is 9.47 Å². The van der Waals surface area contributed by atoms with Crippen LogP contribution in [-0.4, -0.2) is 36.2 Å². The van der Waals surface area contributed by atoms with Crippen molar-refractivity contribution in [3.05, 3.63) is 54.1 Å². The molecule has 0 aliphatic heterocycles. The molecule has 0 fully saturated rings. The molecule has 22 heavy (non-hydrogen) atoms. The van der Waals surface area contributed by atoms with Crippen molar-refractivity contribution in [3.8, 4) is 5.75 Å². The summed E-state index contributed by atoms with van der Waals surface area (Å²) in [6.45, 7) is 2.91. The van der Waals surface area contributed by atoms with E-state index >= 15 is 0 Å². The number of ether oxygens (including phenoxy) is 2. The number of methoxy groups -OCH3 is 1. The predicted molar refractivity (Wildman–Crippen MR) is 81.7 cm³/mol. The molecule has 0 aliphatic carbocycles. The van der Waals surface area contributed by atoms with Gasteiger partial charge in [-0.2, -0.15) is 0 Å². The van der Waals surface area contributed by atoms with E-state index in [9.17, 15) is 4.79 Å². The Labute approximate surface area is 129 Å². The zero-order chi connectivity index (χ0) is 15.8. The van der Waals surface area contributed by atoms with Crippen LogP contribution in [0.5, 0.6) is 5.75 Å². The first-order valence-electron chi connectivity index (χ1n) is 7.03. The number of amides is 1. The highest BCUT2D eigenvalue weighted by molar-refractivity contribution is 5.92. The van der Waals surface area contributed by atoms with E-state index in [2.05, 4.69) is 15.3 Å². The van der Waals surface area contributed by atoms with E-state index in [0.29, 0.717) is 13.2 Å². The highest BCUT2D eigenvalue weighted by Crippen LogP contribution is 2.18. The van der Waals surface area contributed by atoms with Crippen molar-refractivity contribution in [1.29, 1.82) is 0 Å². The van der Waals surface area contributed by atoms with Gasteiger partial charge in [0.15, 0.2) is 0 Å². The number of nitrogens with one attached hydrogen (secondary N) is 1. The lowest BCUT2D eigenvalue weighted by molar-refractivity contribution is 0.0891. The molecule has 0 saturated carbocycles. The standard InChI is InChI=1S/C16H19N3O3/c1-3-22-13-6-4-12(5-7-13)15(11-21-2)19-16(20)14-10-17-8-9-18-14/h4-10,15H,3,11H2,1-2H3,(H,19,20)/t15-/m0/s1. The van der Waals surface area contributed by atoms with Gasteiger partial charge in [-0.05, 0) is 24.6 Å². The first kappa shape index (κ1) is 15.9. The fourth-order valence-corrected chi connectivity index (χ4v) is 2.00. The largest absolute Gasteiger partial charge is 0.494 e. The highest BCUT2D eigenvalue weighted by Gasteiger charge is 2.16. The van der Waals surface area contributed by atoms with Crippen molar-refractivity contribution >= 4 is 5.91 Å². The van der Waals surface area contributed by atoms with Gasteiger partial charge in [0.05, 0.1) is 25.5 Å².